The van der Waals surface area contributed by atoms with Gasteiger partial charge >= 0.3 is 0 Å². The molecular formula is C57H53NO. The maximum absolute atomic E-state index is 6.53. The van der Waals surface area contributed by atoms with Crippen molar-refractivity contribution in [3.8, 4) is 22.3 Å². The lowest BCUT2D eigenvalue weighted by Gasteiger charge is -2.32. The second-order valence-electron chi connectivity index (χ2n) is 19.3. The summed E-state index contributed by atoms with van der Waals surface area (Å²) in [6, 6.07) is 51.6. The van der Waals surface area contributed by atoms with E-state index in [1.54, 1.807) is 0 Å². The maximum atomic E-state index is 6.53. The van der Waals surface area contributed by atoms with Crippen molar-refractivity contribution < 1.29 is 4.42 Å². The van der Waals surface area contributed by atoms with E-state index in [2.05, 4.69) is 212 Å². The first-order valence-corrected chi connectivity index (χ1v) is 21.3. The molecule has 2 heteroatoms. The van der Waals surface area contributed by atoms with Crippen molar-refractivity contribution >= 4 is 44.1 Å². The number of nitrogens with zero attached hydrogens (tertiary/aromatic N) is 1. The molecular weight excluding hydrogens is 715 g/mol. The number of benzene rings is 7. The number of furan rings is 1. The number of allylic oxidation sites excluding steroid dienone is 3. The molecule has 0 radical (unpaired) electrons. The number of hydrogen-bond acceptors (Lipinski definition) is 2. The summed E-state index contributed by atoms with van der Waals surface area (Å²) < 4.78 is 6.53. The van der Waals surface area contributed by atoms with E-state index in [-0.39, 0.29) is 22.2 Å². The Morgan fingerprint density at radius 3 is 2.07 bits per heavy atom. The minimum Gasteiger partial charge on any atom is -0.456 e. The third-order valence-electron chi connectivity index (χ3n) is 13.1. The second-order valence-corrected chi connectivity index (χ2v) is 19.3. The third kappa shape index (κ3) is 6.07. The van der Waals surface area contributed by atoms with Gasteiger partial charge in [0.1, 0.15) is 11.2 Å². The third-order valence-corrected chi connectivity index (χ3v) is 13.1. The molecule has 292 valence electrons. The Labute approximate surface area is 349 Å². The zero-order valence-electron chi connectivity index (χ0n) is 35.7. The molecule has 0 fully saturated rings. The Morgan fingerprint density at radius 2 is 1.29 bits per heavy atom. The number of anilines is 2. The fraction of sp³-hybridized carbons (Fsp3) is 0.228. The molecule has 8 aromatic rings. The van der Waals surface area contributed by atoms with Gasteiger partial charge in [-0.15, -0.1) is 0 Å². The van der Waals surface area contributed by atoms with E-state index in [1.165, 1.54) is 60.8 Å². The van der Waals surface area contributed by atoms with Crippen LogP contribution in [0.25, 0.3) is 55.0 Å². The van der Waals surface area contributed by atoms with Crippen LogP contribution >= 0.6 is 0 Å². The number of para-hydroxylation sites is 2. The first kappa shape index (κ1) is 37.2. The van der Waals surface area contributed by atoms with Crippen molar-refractivity contribution in [3.05, 3.63) is 191 Å². The molecule has 0 N–H and O–H groups in total. The fourth-order valence-corrected chi connectivity index (χ4v) is 9.90. The van der Waals surface area contributed by atoms with Crippen LogP contribution in [0.3, 0.4) is 0 Å². The summed E-state index contributed by atoms with van der Waals surface area (Å²) in [5.41, 5.74) is 17.2. The molecule has 0 spiro atoms. The Morgan fingerprint density at radius 1 is 0.593 bits per heavy atom. The summed E-state index contributed by atoms with van der Waals surface area (Å²) in [4.78, 5) is 2.46. The van der Waals surface area contributed by atoms with Crippen LogP contribution in [-0.2, 0) is 16.2 Å². The molecule has 7 aromatic carbocycles. The van der Waals surface area contributed by atoms with Crippen LogP contribution in [-0.4, -0.2) is 0 Å². The van der Waals surface area contributed by atoms with Gasteiger partial charge in [-0.25, -0.2) is 0 Å². The Kier molecular flexibility index (Phi) is 8.48. The van der Waals surface area contributed by atoms with Crippen LogP contribution in [0, 0.1) is 0 Å². The second kappa shape index (κ2) is 13.5. The Bertz CT molecular complexity index is 3020. The molecule has 2 aliphatic carbocycles. The molecule has 2 aliphatic rings. The molecule has 0 aliphatic heterocycles. The minimum absolute atomic E-state index is 0.0324. The van der Waals surface area contributed by atoms with E-state index in [0.717, 1.165) is 45.4 Å². The average Bonchev–Trinajstić information content (AvgIpc) is 3.71. The van der Waals surface area contributed by atoms with Crippen LogP contribution < -0.4 is 4.90 Å². The summed E-state index contributed by atoms with van der Waals surface area (Å²) in [5.74, 6) is 0.282. The minimum atomic E-state index is -0.159. The van der Waals surface area contributed by atoms with Crippen molar-refractivity contribution in [1.82, 2.24) is 0 Å². The lowest BCUT2D eigenvalue weighted by atomic mass is 9.74. The van der Waals surface area contributed by atoms with Gasteiger partial charge in [0.15, 0.2) is 0 Å². The van der Waals surface area contributed by atoms with E-state index < -0.39 is 0 Å². The average molecular weight is 768 g/mol. The van der Waals surface area contributed by atoms with Crippen LogP contribution in [0.2, 0.25) is 0 Å². The standard InChI is InChI=1S/C57H53NO/c1-55(2,3)38-33-48(56(4,5)6)54-49(34-38)57(7,8)47-24-16-23-46(53(47)54)43-20-11-13-25-50(43)58(40-31-32-45-44-21-12-14-26-51(44)59-52(45)35-40)39-29-27-37(28-30-39)42-22-15-18-36-17-9-10-19-41(36)42/h9-27,29-35,37H,28H2,1-8H3. The number of hydrogen-bond donors (Lipinski definition) is 0. The van der Waals surface area contributed by atoms with E-state index in [9.17, 15) is 0 Å². The van der Waals surface area contributed by atoms with Gasteiger partial charge in [0.25, 0.3) is 0 Å². The van der Waals surface area contributed by atoms with Crippen molar-refractivity contribution in [3.63, 3.8) is 0 Å². The van der Waals surface area contributed by atoms with Crippen LogP contribution in [0.5, 0.6) is 0 Å². The van der Waals surface area contributed by atoms with Gasteiger partial charge < -0.3 is 9.32 Å². The highest BCUT2D eigenvalue weighted by Gasteiger charge is 2.41. The normalized spacial score (nSPS) is 16.1. The number of fused-ring (bicyclic) bond motifs is 7. The maximum Gasteiger partial charge on any atom is 0.137 e. The Balaban J connectivity index is 1.18. The summed E-state index contributed by atoms with van der Waals surface area (Å²) in [7, 11) is 0. The molecule has 1 atom stereocenters. The fourth-order valence-electron chi connectivity index (χ4n) is 9.90. The predicted octanol–water partition coefficient (Wildman–Crippen LogP) is 16.1. The molecule has 2 nitrogen and oxygen atoms in total. The van der Waals surface area contributed by atoms with E-state index >= 15 is 0 Å². The molecule has 0 amide bonds. The summed E-state index contributed by atoms with van der Waals surface area (Å²) >= 11 is 0. The smallest absolute Gasteiger partial charge is 0.137 e. The van der Waals surface area contributed by atoms with Gasteiger partial charge in [-0.3, -0.25) is 0 Å². The van der Waals surface area contributed by atoms with E-state index in [0.29, 0.717) is 0 Å². The molecule has 0 saturated heterocycles. The highest BCUT2D eigenvalue weighted by Crippen LogP contribution is 2.57. The first-order valence-electron chi connectivity index (χ1n) is 21.3. The molecule has 10 rings (SSSR count). The van der Waals surface area contributed by atoms with E-state index in [4.69, 9.17) is 4.42 Å². The summed E-state index contributed by atoms with van der Waals surface area (Å²) in [6.07, 6.45) is 8.09. The van der Waals surface area contributed by atoms with Crippen molar-refractivity contribution in [2.24, 2.45) is 0 Å². The molecule has 0 bridgehead atoms. The Hall–Kier alpha value is -6.12. The first-order chi connectivity index (χ1) is 28.3. The van der Waals surface area contributed by atoms with Gasteiger partial charge in [0.2, 0.25) is 0 Å². The van der Waals surface area contributed by atoms with Gasteiger partial charge in [-0.05, 0) is 103 Å². The monoisotopic (exact) mass is 767 g/mol. The molecule has 0 saturated carbocycles. The van der Waals surface area contributed by atoms with Crippen molar-refractivity contribution in [2.75, 3.05) is 4.90 Å². The largest absolute Gasteiger partial charge is 0.456 e. The molecule has 1 aromatic heterocycles. The van der Waals surface area contributed by atoms with Gasteiger partial charge in [-0.1, -0.05) is 177 Å². The topological polar surface area (TPSA) is 16.4 Å². The number of rotatable bonds is 5. The van der Waals surface area contributed by atoms with Crippen molar-refractivity contribution in [1.29, 1.82) is 0 Å². The molecule has 1 unspecified atom stereocenters. The zero-order chi connectivity index (χ0) is 40.8. The molecule has 59 heavy (non-hydrogen) atoms. The van der Waals surface area contributed by atoms with Gasteiger partial charge in [0, 0.05) is 45.1 Å². The van der Waals surface area contributed by atoms with Crippen LogP contribution in [0.15, 0.2) is 168 Å². The van der Waals surface area contributed by atoms with Gasteiger partial charge in [-0.2, -0.15) is 0 Å². The summed E-state index contributed by atoms with van der Waals surface area (Å²) in [5, 5.41) is 4.88. The van der Waals surface area contributed by atoms with Crippen molar-refractivity contribution in [2.45, 2.75) is 84.0 Å². The summed E-state index contributed by atoms with van der Waals surface area (Å²) in [6.45, 7) is 19.0. The van der Waals surface area contributed by atoms with Crippen LogP contribution in [0.4, 0.5) is 11.4 Å². The predicted molar refractivity (Wildman–Crippen MR) is 251 cm³/mol. The molecule has 1 heterocycles. The highest BCUT2D eigenvalue weighted by molar-refractivity contribution is 6.06. The van der Waals surface area contributed by atoms with E-state index in [1.807, 2.05) is 6.07 Å². The van der Waals surface area contributed by atoms with Crippen LogP contribution in [0.1, 0.15) is 95.5 Å². The lowest BCUT2D eigenvalue weighted by Crippen LogP contribution is -2.21. The zero-order valence-corrected chi connectivity index (χ0v) is 35.7. The lowest BCUT2D eigenvalue weighted by molar-refractivity contribution is 0.564. The van der Waals surface area contributed by atoms with Gasteiger partial charge in [0.05, 0.1) is 5.69 Å². The highest BCUT2D eigenvalue weighted by atomic mass is 16.3. The SMILES string of the molecule is CC(C)(C)c1cc(C(C)(C)C)c2c(c1)C(C)(C)c1cccc(-c3ccccc3N(C3=CCC(c4cccc5ccccc45)C=C3)c3ccc4c(c3)oc3ccccc34)c1-2. The quantitative estimate of drug-likeness (QED) is 0.173.